The molecule has 0 bridgehead atoms. The molecule has 1 aromatic heterocycles. The lowest BCUT2D eigenvalue weighted by Gasteiger charge is -2.25. The van der Waals surface area contributed by atoms with Crippen LogP contribution in [-0.4, -0.2) is 19.4 Å². The smallest absolute Gasteiger partial charge is 0.346 e. The van der Waals surface area contributed by atoms with Gasteiger partial charge in [0.25, 0.3) is 0 Å². The van der Waals surface area contributed by atoms with E-state index >= 15 is 0 Å². The molecule has 3 aromatic carbocycles. The number of hydrogen-bond donors (Lipinski definition) is 0. The zero-order valence-electron chi connectivity index (χ0n) is 16.7. The first-order chi connectivity index (χ1) is 14.7. The Bertz CT molecular complexity index is 1140. The molecular weight excluding hydrogens is 374 g/mol. The van der Waals surface area contributed by atoms with Crippen LogP contribution in [0.25, 0.3) is 11.0 Å². The monoisotopic (exact) mass is 397 g/mol. The summed E-state index contributed by atoms with van der Waals surface area (Å²) in [5.74, 6) is 0. The first-order valence-electron chi connectivity index (χ1n) is 10.1. The van der Waals surface area contributed by atoms with Gasteiger partial charge in [0, 0.05) is 30.2 Å². The highest BCUT2D eigenvalue weighted by atomic mass is 16.4. The molecule has 150 valence electrons. The number of carbonyl (C=O) groups excluding carboxylic acids is 1. The Hall–Kier alpha value is -3.66. The lowest BCUT2D eigenvalue weighted by atomic mass is 10.1. The number of carbonyl (C=O) groups is 1. The Morgan fingerprint density at radius 3 is 1.93 bits per heavy atom. The van der Waals surface area contributed by atoms with Crippen LogP contribution >= 0.6 is 0 Å². The summed E-state index contributed by atoms with van der Waals surface area (Å²) in [6.45, 7) is 1.69. The van der Waals surface area contributed by atoms with E-state index in [1.807, 2.05) is 30.3 Å². The van der Waals surface area contributed by atoms with Crippen LogP contribution < -0.4 is 10.5 Å². The van der Waals surface area contributed by atoms with Gasteiger partial charge in [0.2, 0.25) is 0 Å². The van der Waals surface area contributed by atoms with Crippen molar-refractivity contribution in [3.05, 3.63) is 112 Å². The topological polar surface area (TPSA) is 50.5 Å². The molecule has 0 spiro atoms. The molecule has 4 rings (SSSR count). The highest BCUT2D eigenvalue weighted by Crippen LogP contribution is 2.23. The Labute approximate surface area is 175 Å². The fourth-order valence-corrected chi connectivity index (χ4v) is 3.58. The van der Waals surface area contributed by atoms with Crippen LogP contribution in [0, 0.1) is 0 Å². The van der Waals surface area contributed by atoms with Gasteiger partial charge in [-0.3, -0.25) is 4.79 Å². The van der Waals surface area contributed by atoms with Gasteiger partial charge in [-0.25, -0.2) is 4.79 Å². The van der Waals surface area contributed by atoms with Gasteiger partial charge in [0.1, 0.15) is 11.1 Å². The Morgan fingerprint density at radius 1 is 0.767 bits per heavy atom. The summed E-state index contributed by atoms with van der Waals surface area (Å²) in [5, 5.41) is 0.742. The largest absolute Gasteiger partial charge is 0.422 e. The summed E-state index contributed by atoms with van der Waals surface area (Å²) in [6, 6.07) is 28.2. The Kier molecular flexibility index (Phi) is 6.04. The number of anilines is 1. The second-order valence-electron chi connectivity index (χ2n) is 7.29. The molecule has 0 atom stereocenters. The molecule has 0 radical (unpaired) electrons. The third-order valence-electron chi connectivity index (χ3n) is 5.27. The van der Waals surface area contributed by atoms with E-state index in [4.69, 9.17) is 4.42 Å². The first-order valence-corrected chi connectivity index (χ1v) is 10.1. The van der Waals surface area contributed by atoms with Crippen molar-refractivity contribution in [3.63, 3.8) is 0 Å². The summed E-state index contributed by atoms with van der Waals surface area (Å²) < 4.78 is 5.39. The molecule has 0 aliphatic rings. The van der Waals surface area contributed by atoms with Crippen molar-refractivity contribution in [1.82, 2.24) is 0 Å². The minimum absolute atomic E-state index is 0.0419. The molecular formula is C26H23NO3. The summed E-state index contributed by atoms with van der Waals surface area (Å²) in [6.07, 6.45) is 2.37. The maximum absolute atomic E-state index is 12.0. The molecule has 0 saturated heterocycles. The van der Waals surface area contributed by atoms with Crippen LogP contribution in [0.2, 0.25) is 0 Å². The number of fused-ring (bicyclic) bond motifs is 1. The van der Waals surface area contributed by atoms with Crippen molar-refractivity contribution in [2.45, 2.75) is 12.8 Å². The molecule has 4 nitrogen and oxygen atoms in total. The average molecular weight is 397 g/mol. The van der Waals surface area contributed by atoms with Gasteiger partial charge in [-0.15, -0.1) is 0 Å². The van der Waals surface area contributed by atoms with Crippen LogP contribution in [-0.2, 0) is 12.8 Å². The first kappa shape index (κ1) is 19.6. The van der Waals surface area contributed by atoms with Gasteiger partial charge in [0.15, 0.2) is 6.29 Å². The lowest BCUT2D eigenvalue weighted by Crippen LogP contribution is -2.28. The van der Waals surface area contributed by atoms with Gasteiger partial charge in [-0.05, 0) is 42.2 Å². The van der Waals surface area contributed by atoms with Gasteiger partial charge in [-0.1, -0.05) is 60.7 Å². The highest BCUT2D eigenvalue weighted by molar-refractivity contribution is 5.86. The van der Waals surface area contributed by atoms with Gasteiger partial charge >= 0.3 is 5.63 Å². The summed E-state index contributed by atoms with van der Waals surface area (Å²) in [7, 11) is 0. The Morgan fingerprint density at radius 2 is 1.37 bits per heavy atom. The maximum atomic E-state index is 12.0. The van der Waals surface area contributed by atoms with Crippen LogP contribution in [0.4, 0.5) is 5.69 Å². The molecule has 0 amide bonds. The molecule has 4 aromatic rings. The number of rotatable bonds is 8. The van der Waals surface area contributed by atoms with Crippen LogP contribution in [0.1, 0.15) is 21.5 Å². The molecule has 1 heterocycles. The zero-order valence-corrected chi connectivity index (χ0v) is 16.7. The number of benzene rings is 3. The van der Waals surface area contributed by atoms with Gasteiger partial charge < -0.3 is 9.32 Å². The summed E-state index contributed by atoms with van der Waals surface area (Å²) in [4.78, 5) is 25.3. The molecule has 0 N–H and O–H groups in total. The summed E-state index contributed by atoms with van der Waals surface area (Å²) in [5.41, 5.74) is 3.49. The van der Waals surface area contributed by atoms with E-state index < -0.39 is 5.63 Å². The van der Waals surface area contributed by atoms with E-state index in [1.54, 1.807) is 6.07 Å². The molecule has 30 heavy (non-hydrogen) atoms. The fraction of sp³-hybridized carbons (Fsp3) is 0.154. The number of hydrogen-bond acceptors (Lipinski definition) is 4. The van der Waals surface area contributed by atoms with Crippen LogP contribution in [0.15, 0.2) is 94.1 Å². The van der Waals surface area contributed by atoms with Gasteiger partial charge in [-0.2, -0.15) is 0 Å². The molecule has 0 unspecified atom stereocenters. The minimum atomic E-state index is -0.602. The average Bonchev–Trinajstić information content (AvgIpc) is 2.79. The standard InChI is InChI=1S/C26H23NO3/c28-19-23-17-22-11-12-24(18-25(22)30-26(23)29)27(15-13-20-7-3-1-4-8-20)16-14-21-9-5-2-6-10-21/h1-12,17-19H,13-16H2. The van der Waals surface area contributed by atoms with Crippen molar-refractivity contribution >= 4 is 22.9 Å². The predicted octanol–water partition coefficient (Wildman–Crippen LogP) is 4.90. The van der Waals surface area contributed by atoms with Crippen molar-refractivity contribution in [2.24, 2.45) is 0 Å². The third kappa shape index (κ3) is 4.66. The second-order valence-corrected chi connectivity index (χ2v) is 7.29. The lowest BCUT2D eigenvalue weighted by molar-refractivity contribution is 0.112. The second kappa shape index (κ2) is 9.23. The molecule has 0 fully saturated rings. The van der Waals surface area contributed by atoms with Crippen molar-refractivity contribution in [3.8, 4) is 0 Å². The normalized spacial score (nSPS) is 10.8. The predicted molar refractivity (Wildman–Crippen MR) is 120 cm³/mol. The molecule has 0 aliphatic carbocycles. The minimum Gasteiger partial charge on any atom is -0.422 e. The van der Waals surface area contributed by atoms with Crippen molar-refractivity contribution in [1.29, 1.82) is 0 Å². The van der Waals surface area contributed by atoms with E-state index in [0.29, 0.717) is 11.9 Å². The SMILES string of the molecule is O=Cc1cc2ccc(N(CCc3ccccc3)CCc3ccccc3)cc2oc1=O. The zero-order chi connectivity index (χ0) is 20.8. The quantitative estimate of drug-likeness (QED) is 0.314. The van der Waals surface area contributed by atoms with Crippen LogP contribution in [0.3, 0.4) is 0 Å². The third-order valence-corrected chi connectivity index (χ3v) is 5.27. The maximum Gasteiger partial charge on any atom is 0.346 e. The number of aldehydes is 1. The van der Waals surface area contributed by atoms with E-state index in [9.17, 15) is 9.59 Å². The Balaban J connectivity index is 1.61. The van der Waals surface area contributed by atoms with E-state index in [0.717, 1.165) is 37.0 Å². The van der Waals surface area contributed by atoms with Crippen molar-refractivity contribution in [2.75, 3.05) is 18.0 Å². The van der Waals surface area contributed by atoms with E-state index in [1.165, 1.54) is 11.1 Å². The molecule has 0 aliphatic heterocycles. The van der Waals surface area contributed by atoms with Gasteiger partial charge in [0.05, 0.1) is 0 Å². The van der Waals surface area contributed by atoms with Crippen LogP contribution in [0.5, 0.6) is 0 Å². The van der Waals surface area contributed by atoms with E-state index in [2.05, 4.69) is 53.4 Å². The fourth-order valence-electron chi connectivity index (χ4n) is 3.58. The number of nitrogens with zero attached hydrogens (tertiary/aromatic N) is 1. The molecule has 0 saturated carbocycles. The summed E-state index contributed by atoms with van der Waals surface area (Å²) >= 11 is 0. The van der Waals surface area contributed by atoms with Crippen molar-refractivity contribution < 1.29 is 9.21 Å². The molecule has 4 heteroatoms. The van der Waals surface area contributed by atoms with E-state index in [-0.39, 0.29) is 5.56 Å². The highest BCUT2D eigenvalue weighted by Gasteiger charge is 2.11.